The van der Waals surface area contributed by atoms with Gasteiger partial charge < -0.3 is 4.98 Å². The fourth-order valence-electron chi connectivity index (χ4n) is 1.40. The van der Waals surface area contributed by atoms with Gasteiger partial charge in [-0.15, -0.1) is 0 Å². The zero-order valence-corrected chi connectivity index (χ0v) is 10.2. The predicted octanol–water partition coefficient (Wildman–Crippen LogP) is 4.07. The lowest BCUT2D eigenvalue weighted by Gasteiger charge is -2.09. The van der Waals surface area contributed by atoms with Crippen molar-refractivity contribution in [1.82, 2.24) is 9.97 Å². The van der Waals surface area contributed by atoms with Crippen molar-refractivity contribution in [2.75, 3.05) is 0 Å². The molecule has 2 rings (SSSR count). The lowest BCUT2D eigenvalue weighted by molar-refractivity contribution is -0.0328. The molecule has 0 spiro atoms. The summed E-state index contributed by atoms with van der Waals surface area (Å²) >= 11 is 3.07. The van der Waals surface area contributed by atoms with E-state index >= 15 is 0 Å². The number of aromatic amines is 1. The Balaban J connectivity index is 2.52. The molecule has 0 fully saturated rings. The third kappa shape index (κ3) is 2.35. The number of alkyl halides is 4. The normalized spacial score (nSPS) is 12.2. The molecule has 0 aliphatic carbocycles. The number of thioether (sulfide) groups is 1. The molecule has 7 heteroatoms. The number of benzene rings is 1. The van der Waals surface area contributed by atoms with Gasteiger partial charge in [0.2, 0.25) is 0 Å². The van der Waals surface area contributed by atoms with Gasteiger partial charge in [0.15, 0.2) is 0 Å². The third-order valence-electron chi connectivity index (χ3n) is 2.01. The number of H-pyrrole nitrogens is 1. The number of aromatic nitrogens is 2. The van der Waals surface area contributed by atoms with Gasteiger partial charge in [-0.3, -0.25) is 0 Å². The molecular weight excluding hydrogens is 305 g/mol. The number of hydrogen-bond donors (Lipinski definition) is 1. The number of fused-ring (bicyclic) bond motifs is 1. The molecule has 2 aromatic rings. The lowest BCUT2D eigenvalue weighted by atomic mass is 10.2. The Hall–Kier alpha value is -0.690. The summed E-state index contributed by atoms with van der Waals surface area (Å²) in [5.41, 5.74) is -2.41. The van der Waals surface area contributed by atoms with Crippen LogP contribution in [0, 0.1) is 0 Å². The Morgan fingerprint density at radius 1 is 1.38 bits per heavy atom. The minimum Gasteiger partial charge on any atom is -0.345 e. The average Bonchev–Trinajstić information content (AvgIpc) is 2.62. The van der Waals surface area contributed by atoms with Crippen LogP contribution >= 0.6 is 27.7 Å². The third-order valence-corrected chi connectivity index (χ3v) is 3.41. The number of hydrogen-bond acceptors (Lipinski definition) is 2. The van der Waals surface area contributed by atoms with Crippen LogP contribution in [0.4, 0.5) is 13.2 Å². The van der Waals surface area contributed by atoms with E-state index in [0.717, 1.165) is 5.52 Å². The van der Waals surface area contributed by atoms with E-state index in [0.29, 0.717) is 16.4 Å². The van der Waals surface area contributed by atoms with Crippen molar-refractivity contribution in [2.45, 2.75) is 15.7 Å². The first-order valence-corrected chi connectivity index (χ1v) is 6.22. The number of imidazole rings is 1. The molecule has 0 aliphatic rings. The monoisotopic (exact) mass is 310 g/mol. The van der Waals surface area contributed by atoms with E-state index in [2.05, 4.69) is 25.9 Å². The van der Waals surface area contributed by atoms with E-state index in [4.69, 9.17) is 0 Å². The van der Waals surface area contributed by atoms with Gasteiger partial charge in [0.05, 0.1) is 17.4 Å². The highest BCUT2D eigenvalue weighted by molar-refractivity contribution is 9.08. The summed E-state index contributed by atoms with van der Waals surface area (Å²) in [7, 11) is 0. The van der Waals surface area contributed by atoms with Crippen LogP contribution in [-0.4, -0.2) is 15.5 Å². The van der Waals surface area contributed by atoms with Crippen LogP contribution in [0.5, 0.6) is 0 Å². The molecule has 0 unspecified atom stereocenters. The summed E-state index contributed by atoms with van der Waals surface area (Å²) < 4.78 is 36.9. The van der Waals surface area contributed by atoms with Gasteiger partial charge in [-0.2, -0.15) is 13.2 Å². The van der Waals surface area contributed by atoms with E-state index in [1.165, 1.54) is 12.4 Å². The van der Waals surface area contributed by atoms with Crippen LogP contribution in [0.1, 0.15) is 5.56 Å². The first-order chi connectivity index (χ1) is 7.51. The molecule has 86 valence electrons. The van der Waals surface area contributed by atoms with Gasteiger partial charge in [0.1, 0.15) is 0 Å². The molecule has 0 saturated heterocycles. The summed E-state index contributed by atoms with van der Waals surface area (Å²) in [5, 5.41) is 0.341. The highest BCUT2D eigenvalue weighted by Crippen LogP contribution is 2.40. The molecule has 0 radical (unpaired) electrons. The summed E-state index contributed by atoms with van der Waals surface area (Å²) in [6, 6.07) is 3.05. The van der Waals surface area contributed by atoms with Crippen LogP contribution in [0.3, 0.4) is 0 Å². The molecule has 16 heavy (non-hydrogen) atoms. The zero-order chi connectivity index (χ0) is 11.8. The molecule has 0 bridgehead atoms. The van der Waals surface area contributed by atoms with Crippen molar-refractivity contribution in [3.8, 4) is 0 Å². The summed E-state index contributed by atoms with van der Waals surface area (Å²) in [6.45, 7) is 0. The molecule has 1 aromatic carbocycles. The van der Waals surface area contributed by atoms with Crippen LogP contribution < -0.4 is 0 Å². The smallest absolute Gasteiger partial charge is 0.345 e. The van der Waals surface area contributed by atoms with E-state index in [1.807, 2.05) is 0 Å². The van der Waals surface area contributed by atoms with E-state index in [9.17, 15) is 13.2 Å². The van der Waals surface area contributed by atoms with Gasteiger partial charge >= 0.3 is 5.51 Å². The van der Waals surface area contributed by atoms with Crippen molar-refractivity contribution in [3.63, 3.8) is 0 Å². The predicted molar refractivity (Wildman–Crippen MR) is 60.6 cm³/mol. The summed E-state index contributed by atoms with van der Waals surface area (Å²) in [6.07, 6.45) is 1.47. The Morgan fingerprint density at radius 2 is 2.12 bits per heavy atom. The maximum atomic E-state index is 12.3. The van der Waals surface area contributed by atoms with Crippen molar-refractivity contribution in [1.29, 1.82) is 0 Å². The fraction of sp³-hybridized carbons (Fsp3) is 0.222. The van der Waals surface area contributed by atoms with Gasteiger partial charge in [0.25, 0.3) is 0 Å². The Labute approximate surface area is 102 Å². The van der Waals surface area contributed by atoms with E-state index in [1.54, 1.807) is 6.07 Å². The van der Waals surface area contributed by atoms with Gasteiger partial charge in [-0.25, -0.2) is 4.98 Å². The average molecular weight is 311 g/mol. The van der Waals surface area contributed by atoms with Crippen molar-refractivity contribution >= 4 is 38.7 Å². The zero-order valence-electron chi connectivity index (χ0n) is 7.81. The fourth-order valence-corrected chi connectivity index (χ4v) is 2.83. The molecule has 1 aromatic heterocycles. The Bertz CT molecular complexity index is 509. The standard InChI is InChI=1S/C9H6BrF3N2S/c10-3-5-7(16-9(11,12)13)2-1-6-8(5)15-4-14-6/h1-2,4H,3H2,(H,14,15). The van der Waals surface area contributed by atoms with Crippen LogP contribution in [0.15, 0.2) is 23.4 Å². The van der Waals surface area contributed by atoms with Crippen molar-refractivity contribution < 1.29 is 13.2 Å². The van der Waals surface area contributed by atoms with Crippen LogP contribution in [0.2, 0.25) is 0 Å². The SMILES string of the molecule is FC(F)(F)Sc1ccc2[nH]cnc2c1CBr. The summed E-state index contributed by atoms with van der Waals surface area (Å²) in [5.74, 6) is 0. The maximum absolute atomic E-state index is 12.3. The number of nitrogens with one attached hydrogen (secondary N) is 1. The topological polar surface area (TPSA) is 28.7 Å². The van der Waals surface area contributed by atoms with E-state index < -0.39 is 5.51 Å². The minimum absolute atomic E-state index is 0.114. The van der Waals surface area contributed by atoms with Gasteiger partial charge in [0, 0.05) is 15.8 Å². The molecule has 0 amide bonds. The molecule has 0 aliphatic heterocycles. The van der Waals surface area contributed by atoms with Crippen molar-refractivity contribution in [2.24, 2.45) is 0 Å². The number of rotatable bonds is 2. The highest BCUT2D eigenvalue weighted by atomic mass is 79.9. The maximum Gasteiger partial charge on any atom is 0.446 e. The van der Waals surface area contributed by atoms with Gasteiger partial charge in [-0.05, 0) is 23.9 Å². The van der Waals surface area contributed by atoms with Crippen molar-refractivity contribution in [3.05, 3.63) is 24.0 Å². The Morgan fingerprint density at radius 3 is 2.75 bits per heavy atom. The first kappa shape index (κ1) is 11.8. The minimum atomic E-state index is -4.28. The second-order valence-electron chi connectivity index (χ2n) is 3.02. The number of nitrogens with zero attached hydrogens (tertiary/aromatic N) is 1. The second-order valence-corrected chi connectivity index (χ2v) is 4.69. The van der Waals surface area contributed by atoms with E-state index in [-0.39, 0.29) is 16.7 Å². The highest BCUT2D eigenvalue weighted by Gasteiger charge is 2.30. The molecule has 1 heterocycles. The summed E-state index contributed by atoms with van der Waals surface area (Å²) in [4.78, 5) is 7.06. The van der Waals surface area contributed by atoms with Crippen LogP contribution in [-0.2, 0) is 5.33 Å². The van der Waals surface area contributed by atoms with Gasteiger partial charge in [-0.1, -0.05) is 15.9 Å². The van der Waals surface area contributed by atoms with Crippen LogP contribution in [0.25, 0.3) is 11.0 Å². The molecule has 2 nitrogen and oxygen atoms in total. The quantitative estimate of drug-likeness (QED) is 0.669. The largest absolute Gasteiger partial charge is 0.446 e. The lowest BCUT2D eigenvalue weighted by Crippen LogP contribution is -2.00. The molecule has 0 atom stereocenters. The Kier molecular flexibility index (Phi) is 3.16. The molecule has 0 saturated carbocycles. The first-order valence-electron chi connectivity index (χ1n) is 4.28. The second kappa shape index (κ2) is 4.29. The molecular formula is C9H6BrF3N2S. The number of halogens is 4. The molecule has 1 N–H and O–H groups in total.